The van der Waals surface area contributed by atoms with E-state index in [1.54, 1.807) is 43.1 Å². The van der Waals surface area contributed by atoms with E-state index in [2.05, 4.69) is 17.4 Å². The minimum Gasteiger partial charge on any atom is -0.495 e. The highest BCUT2D eigenvalue weighted by Crippen LogP contribution is 2.40. The fourth-order valence-electron chi connectivity index (χ4n) is 5.52. The molecule has 9 heteroatoms. The molecule has 1 N–H and O–H groups in total. The van der Waals surface area contributed by atoms with E-state index in [0.29, 0.717) is 38.4 Å². The zero-order valence-electron chi connectivity index (χ0n) is 21.6. The molecule has 3 aliphatic rings. The van der Waals surface area contributed by atoms with Crippen molar-refractivity contribution in [3.8, 4) is 5.75 Å². The number of carbonyl (C=O) groups is 1. The van der Waals surface area contributed by atoms with Crippen LogP contribution in [0.1, 0.15) is 28.9 Å². The summed E-state index contributed by atoms with van der Waals surface area (Å²) in [6, 6.07) is 12.0. The number of nitrogens with zero attached hydrogens (tertiary/aromatic N) is 4. The fourth-order valence-corrected chi connectivity index (χ4v) is 5.52. The highest BCUT2D eigenvalue weighted by molar-refractivity contribution is 6.08. The number of quaternary nitrogens is 1. The lowest BCUT2D eigenvalue weighted by Crippen LogP contribution is -2.43. The summed E-state index contributed by atoms with van der Waals surface area (Å²) in [6.45, 7) is 1.46. The number of anilines is 1. The number of aryl methyl sites for hydroxylation is 1. The van der Waals surface area contributed by atoms with E-state index in [4.69, 9.17) is 14.5 Å². The van der Waals surface area contributed by atoms with Gasteiger partial charge in [0.1, 0.15) is 29.2 Å². The molecule has 0 radical (unpaired) electrons. The summed E-state index contributed by atoms with van der Waals surface area (Å²) in [4.78, 5) is 22.7. The van der Waals surface area contributed by atoms with Crippen LogP contribution in [0, 0.1) is 11.7 Å². The molecule has 194 valence electrons. The molecule has 38 heavy (non-hydrogen) atoms. The Morgan fingerprint density at radius 3 is 2.79 bits per heavy atom. The Labute approximate surface area is 220 Å². The van der Waals surface area contributed by atoms with Crippen molar-refractivity contribution in [3.63, 3.8) is 0 Å². The van der Waals surface area contributed by atoms with E-state index >= 15 is 0 Å². The van der Waals surface area contributed by atoms with E-state index in [1.807, 2.05) is 30.6 Å². The van der Waals surface area contributed by atoms with Crippen LogP contribution in [-0.2, 0) is 11.8 Å². The molecule has 1 amide bonds. The van der Waals surface area contributed by atoms with Gasteiger partial charge in [0, 0.05) is 31.6 Å². The number of allylic oxidation sites excluding steroid dienone is 2. The lowest BCUT2D eigenvalue weighted by molar-refractivity contribution is -0.713. The van der Waals surface area contributed by atoms with Crippen LogP contribution in [0.15, 0.2) is 76.2 Å². The first kappa shape index (κ1) is 24.3. The first-order valence-electron chi connectivity index (χ1n) is 12.6. The second-order valence-corrected chi connectivity index (χ2v) is 9.87. The summed E-state index contributed by atoms with van der Waals surface area (Å²) < 4.78 is 27.6. The number of hydrogen-bond acceptors (Lipinski definition) is 5. The number of fused-ring (bicyclic) bond motifs is 2. The molecule has 0 bridgehead atoms. The van der Waals surface area contributed by atoms with Gasteiger partial charge in [-0.15, -0.1) is 0 Å². The number of hydrogen-bond donors (Lipinski definition) is 1. The molecule has 0 saturated carbocycles. The van der Waals surface area contributed by atoms with Crippen LogP contribution in [0.25, 0.3) is 10.9 Å². The first-order chi connectivity index (χ1) is 18.4. The molecular formula is C29H29FN5O3+. The van der Waals surface area contributed by atoms with Gasteiger partial charge >= 0.3 is 0 Å². The molecule has 1 saturated heterocycles. The van der Waals surface area contributed by atoms with Gasteiger partial charge in [0.15, 0.2) is 5.70 Å². The number of rotatable bonds is 5. The van der Waals surface area contributed by atoms with Crippen LogP contribution in [0.2, 0.25) is 0 Å². The predicted molar refractivity (Wildman–Crippen MR) is 145 cm³/mol. The zero-order valence-corrected chi connectivity index (χ0v) is 21.6. The summed E-state index contributed by atoms with van der Waals surface area (Å²) in [7, 11) is 5.41. The minimum atomic E-state index is -0.363. The van der Waals surface area contributed by atoms with Gasteiger partial charge in [-0.1, -0.05) is 6.07 Å². The second kappa shape index (κ2) is 9.34. The molecule has 8 nitrogen and oxygen atoms in total. The molecule has 1 unspecified atom stereocenters. The van der Waals surface area contributed by atoms with E-state index in [-0.39, 0.29) is 11.7 Å². The maximum absolute atomic E-state index is 14.3. The Balaban J connectivity index is 1.32. The normalized spacial score (nSPS) is 21.1. The molecule has 3 aromatic rings. The van der Waals surface area contributed by atoms with Crippen molar-refractivity contribution in [2.45, 2.75) is 12.8 Å². The van der Waals surface area contributed by atoms with Crippen molar-refractivity contribution in [2.24, 2.45) is 23.0 Å². The van der Waals surface area contributed by atoms with Gasteiger partial charge in [-0.25, -0.2) is 8.87 Å². The maximum Gasteiger partial charge on any atom is 0.272 e. The Morgan fingerprint density at radius 1 is 1.21 bits per heavy atom. The van der Waals surface area contributed by atoms with Gasteiger partial charge in [0.2, 0.25) is 5.84 Å². The molecule has 6 rings (SSSR count). The SMILES string of the molecule is COc1cc(C2=NC(C3CCOCC3)=C3C=NC=C[N+]23C)ccc1NC(=O)c1cc2c(F)cccc2n1C. The van der Waals surface area contributed by atoms with Crippen molar-refractivity contribution in [1.29, 1.82) is 0 Å². The monoisotopic (exact) mass is 514 g/mol. The van der Waals surface area contributed by atoms with Crippen molar-refractivity contribution >= 4 is 34.5 Å². The number of aromatic nitrogens is 1. The number of carbonyl (C=O) groups excluding carboxylic acids is 1. The maximum atomic E-state index is 14.3. The number of ether oxygens (including phenoxy) is 2. The molecule has 4 heterocycles. The molecule has 3 aliphatic heterocycles. The summed E-state index contributed by atoms with van der Waals surface area (Å²) in [5.74, 6) is 0.970. The zero-order chi connectivity index (χ0) is 26.4. The largest absolute Gasteiger partial charge is 0.495 e. The summed E-state index contributed by atoms with van der Waals surface area (Å²) >= 11 is 0. The van der Waals surface area contributed by atoms with Crippen LogP contribution < -0.4 is 10.1 Å². The number of benzene rings is 2. The Morgan fingerprint density at radius 2 is 2.03 bits per heavy atom. The highest BCUT2D eigenvalue weighted by Gasteiger charge is 2.44. The van der Waals surface area contributed by atoms with Crippen molar-refractivity contribution in [3.05, 3.63) is 83.3 Å². The van der Waals surface area contributed by atoms with E-state index in [1.165, 1.54) is 6.07 Å². The third kappa shape index (κ3) is 3.86. The summed E-state index contributed by atoms with van der Waals surface area (Å²) in [6.07, 6.45) is 7.59. The fraction of sp³-hybridized carbons (Fsp3) is 0.276. The quantitative estimate of drug-likeness (QED) is 0.488. The average Bonchev–Trinajstić information content (AvgIpc) is 3.44. The number of amidine groups is 1. The van der Waals surface area contributed by atoms with Crippen LogP contribution in [0.4, 0.5) is 10.1 Å². The molecule has 1 aromatic heterocycles. The van der Waals surface area contributed by atoms with Gasteiger partial charge in [0.05, 0.1) is 43.3 Å². The number of amides is 1. The van der Waals surface area contributed by atoms with E-state index in [9.17, 15) is 9.18 Å². The van der Waals surface area contributed by atoms with Crippen LogP contribution in [0.5, 0.6) is 5.75 Å². The number of methoxy groups -OCH3 is 1. The smallest absolute Gasteiger partial charge is 0.272 e. The van der Waals surface area contributed by atoms with Gasteiger partial charge in [0.25, 0.3) is 5.91 Å². The molecule has 0 aliphatic carbocycles. The number of halogens is 1. The van der Waals surface area contributed by atoms with E-state index < -0.39 is 0 Å². The van der Waals surface area contributed by atoms with Crippen LogP contribution >= 0.6 is 0 Å². The molecular weight excluding hydrogens is 485 g/mol. The first-order valence-corrected chi connectivity index (χ1v) is 12.6. The lowest BCUT2D eigenvalue weighted by Gasteiger charge is -2.29. The van der Waals surface area contributed by atoms with Gasteiger partial charge < -0.3 is 19.4 Å². The molecule has 0 spiro atoms. The average molecular weight is 515 g/mol. The molecule has 2 aromatic carbocycles. The van der Waals surface area contributed by atoms with E-state index in [0.717, 1.165) is 48.8 Å². The lowest BCUT2D eigenvalue weighted by atomic mass is 9.95. The Hall–Kier alpha value is -4.08. The molecule has 1 atom stereocenters. The summed E-state index contributed by atoms with van der Waals surface area (Å²) in [5, 5.41) is 3.33. The molecule has 1 fully saturated rings. The summed E-state index contributed by atoms with van der Waals surface area (Å²) in [5.41, 5.74) is 4.51. The second-order valence-electron chi connectivity index (χ2n) is 9.87. The van der Waals surface area contributed by atoms with Crippen LogP contribution in [-0.4, -0.2) is 54.4 Å². The van der Waals surface area contributed by atoms with Crippen LogP contribution in [0.3, 0.4) is 0 Å². The van der Waals surface area contributed by atoms with Gasteiger partial charge in [-0.2, -0.15) is 4.99 Å². The highest BCUT2D eigenvalue weighted by atomic mass is 19.1. The topological polar surface area (TPSA) is 77.2 Å². The third-order valence-corrected chi connectivity index (χ3v) is 7.66. The standard InChI is InChI=1S/C29H28FN5O3/c1-34-23-6-4-5-21(30)20(23)16-24(34)29(36)32-22-8-7-19(15-26(22)37-3)28-33-27(18-9-13-38-14-10-18)25-17-31-11-12-35(25,28)2/h4-8,11-12,15-18H,9-10,13-14H2,1-3H3/p+1. The van der Waals surface area contributed by atoms with Crippen molar-refractivity contribution in [2.75, 3.05) is 32.7 Å². The Bertz CT molecular complexity index is 1580. The third-order valence-electron chi connectivity index (χ3n) is 7.66. The van der Waals surface area contributed by atoms with Crippen molar-refractivity contribution < 1.29 is 23.1 Å². The Kier molecular flexibility index (Phi) is 5.97. The predicted octanol–water partition coefficient (Wildman–Crippen LogP) is 4.98. The van der Waals surface area contributed by atoms with Gasteiger partial charge in [-0.3, -0.25) is 9.79 Å². The van der Waals surface area contributed by atoms with Crippen molar-refractivity contribution in [1.82, 2.24) is 4.57 Å². The van der Waals surface area contributed by atoms with Gasteiger partial charge in [-0.05, 0) is 49.2 Å². The minimum absolute atomic E-state index is 0.317. The number of nitrogens with one attached hydrogen (secondary N) is 1. The number of aliphatic imine (C=N–C) groups is 2.